The van der Waals surface area contributed by atoms with Crippen molar-refractivity contribution in [1.29, 1.82) is 0 Å². The second-order valence-corrected chi connectivity index (χ2v) is 3.64. The van der Waals surface area contributed by atoms with Gasteiger partial charge in [-0.25, -0.2) is 0 Å². The minimum absolute atomic E-state index is 0.0122. The summed E-state index contributed by atoms with van der Waals surface area (Å²) in [5.74, 6) is -0.0122. The van der Waals surface area contributed by atoms with Crippen LogP contribution in [-0.4, -0.2) is 19.0 Å². The standard InChI is InChI=1S/C14H17NO.CH5N/c1-5-13(15-6-2)14(16)12-9-7-8-10(3)11(12)4;1-2/h5-9H,1-4H3;2H2,1H3/b13-5-,15-6?;. The Labute approximate surface area is 109 Å². The van der Waals surface area contributed by atoms with E-state index in [0.717, 1.165) is 16.7 Å². The summed E-state index contributed by atoms with van der Waals surface area (Å²) in [4.78, 5) is 16.2. The minimum Gasteiger partial charge on any atom is -0.333 e. The van der Waals surface area contributed by atoms with Crippen LogP contribution in [0.1, 0.15) is 35.3 Å². The number of ketones is 1. The fourth-order valence-corrected chi connectivity index (χ4v) is 1.54. The first-order valence-electron chi connectivity index (χ1n) is 5.95. The number of hydrogen-bond donors (Lipinski definition) is 1. The van der Waals surface area contributed by atoms with E-state index in [1.807, 2.05) is 39.0 Å². The molecule has 0 saturated carbocycles. The monoisotopic (exact) mass is 246 g/mol. The minimum atomic E-state index is -0.0122. The summed E-state index contributed by atoms with van der Waals surface area (Å²) >= 11 is 0. The van der Waals surface area contributed by atoms with Crippen LogP contribution in [-0.2, 0) is 0 Å². The van der Waals surface area contributed by atoms with Gasteiger partial charge >= 0.3 is 0 Å². The lowest BCUT2D eigenvalue weighted by Gasteiger charge is -2.07. The van der Waals surface area contributed by atoms with Crippen molar-refractivity contribution < 1.29 is 4.79 Å². The molecule has 18 heavy (non-hydrogen) atoms. The van der Waals surface area contributed by atoms with Gasteiger partial charge < -0.3 is 5.73 Å². The van der Waals surface area contributed by atoms with Gasteiger partial charge in [-0.05, 0) is 45.9 Å². The lowest BCUT2D eigenvalue weighted by atomic mass is 9.99. The average molecular weight is 246 g/mol. The molecular weight excluding hydrogens is 224 g/mol. The molecule has 0 fully saturated rings. The van der Waals surface area contributed by atoms with Crippen molar-refractivity contribution in [3.05, 3.63) is 46.7 Å². The highest BCUT2D eigenvalue weighted by molar-refractivity contribution is 6.10. The van der Waals surface area contributed by atoms with Gasteiger partial charge in [-0.1, -0.05) is 24.3 Å². The SMILES string of the molecule is CC=N/C(=C\C)C(=O)c1cccc(C)c1C.CN. The molecule has 0 unspecified atom stereocenters. The maximum Gasteiger partial charge on any atom is 0.211 e. The van der Waals surface area contributed by atoms with Gasteiger partial charge in [0, 0.05) is 11.8 Å². The van der Waals surface area contributed by atoms with Crippen LogP contribution in [0.3, 0.4) is 0 Å². The molecule has 0 spiro atoms. The molecule has 1 aromatic carbocycles. The summed E-state index contributed by atoms with van der Waals surface area (Å²) < 4.78 is 0. The lowest BCUT2D eigenvalue weighted by molar-refractivity contribution is 0.103. The molecule has 0 atom stereocenters. The second-order valence-electron chi connectivity index (χ2n) is 3.64. The van der Waals surface area contributed by atoms with Gasteiger partial charge in [0.15, 0.2) is 0 Å². The van der Waals surface area contributed by atoms with Crippen LogP contribution in [0.15, 0.2) is 35.0 Å². The summed E-state index contributed by atoms with van der Waals surface area (Å²) in [6, 6.07) is 5.75. The zero-order valence-electron chi connectivity index (χ0n) is 11.8. The van der Waals surface area contributed by atoms with E-state index in [4.69, 9.17) is 0 Å². The van der Waals surface area contributed by atoms with Crippen LogP contribution >= 0.6 is 0 Å². The predicted octanol–water partition coefficient (Wildman–Crippen LogP) is 3.06. The molecule has 0 heterocycles. The van der Waals surface area contributed by atoms with E-state index in [1.54, 1.807) is 19.2 Å². The molecule has 3 nitrogen and oxygen atoms in total. The highest BCUT2D eigenvalue weighted by atomic mass is 16.1. The maximum atomic E-state index is 12.2. The molecule has 0 aliphatic carbocycles. The van der Waals surface area contributed by atoms with Crippen molar-refractivity contribution in [2.24, 2.45) is 10.7 Å². The molecule has 0 amide bonds. The molecular formula is C15H22N2O. The summed E-state index contributed by atoms with van der Waals surface area (Å²) in [5.41, 5.74) is 7.88. The van der Waals surface area contributed by atoms with E-state index in [1.165, 1.54) is 7.05 Å². The summed E-state index contributed by atoms with van der Waals surface area (Å²) in [6.45, 7) is 7.60. The van der Waals surface area contributed by atoms with Gasteiger partial charge in [-0.2, -0.15) is 0 Å². The third-order valence-electron chi connectivity index (χ3n) is 2.62. The molecule has 0 aliphatic rings. The van der Waals surface area contributed by atoms with E-state index >= 15 is 0 Å². The maximum absolute atomic E-state index is 12.2. The molecule has 0 bridgehead atoms. The van der Waals surface area contributed by atoms with Crippen molar-refractivity contribution in [2.75, 3.05) is 7.05 Å². The highest BCUT2D eigenvalue weighted by Crippen LogP contribution is 2.17. The highest BCUT2D eigenvalue weighted by Gasteiger charge is 2.13. The van der Waals surface area contributed by atoms with Gasteiger partial charge in [-0.15, -0.1) is 0 Å². The molecule has 0 saturated heterocycles. The molecule has 98 valence electrons. The van der Waals surface area contributed by atoms with E-state index in [2.05, 4.69) is 10.7 Å². The number of rotatable bonds is 3. The number of benzene rings is 1. The zero-order valence-corrected chi connectivity index (χ0v) is 11.8. The largest absolute Gasteiger partial charge is 0.333 e. The van der Waals surface area contributed by atoms with Gasteiger partial charge in [0.05, 0.1) is 0 Å². The molecule has 2 N–H and O–H groups in total. The number of allylic oxidation sites excluding steroid dienone is 2. The van der Waals surface area contributed by atoms with Crippen molar-refractivity contribution in [3.8, 4) is 0 Å². The van der Waals surface area contributed by atoms with Crippen LogP contribution in [0.2, 0.25) is 0 Å². The molecule has 1 aromatic rings. The normalized spacial score (nSPS) is 11.1. The first-order valence-corrected chi connectivity index (χ1v) is 5.95. The Hall–Kier alpha value is -1.74. The Kier molecular flexibility index (Phi) is 7.56. The first-order chi connectivity index (χ1) is 8.61. The summed E-state index contributed by atoms with van der Waals surface area (Å²) in [6.07, 6.45) is 3.38. The van der Waals surface area contributed by atoms with Crippen molar-refractivity contribution in [1.82, 2.24) is 0 Å². The number of carbonyl (C=O) groups excluding carboxylic acids is 1. The van der Waals surface area contributed by atoms with E-state index in [0.29, 0.717) is 5.70 Å². The predicted molar refractivity (Wildman–Crippen MR) is 78.3 cm³/mol. The fraction of sp³-hybridized carbons (Fsp3) is 0.333. The van der Waals surface area contributed by atoms with Crippen LogP contribution in [0.4, 0.5) is 0 Å². The Morgan fingerprint density at radius 3 is 2.33 bits per heavy atom. The second kappa shape index (κ2) is 8.37. The Morgan fingerprint density at radius 1 is 1.22 bits per heavy atom. The Morgan fingerprint density at radius 2 is 1.83 bits per heavy atom. The fourth-order valence-electron chi connectivity index (χ4n) is 1.54. The topological polar surface area (TPSA) is 55.5 Å². The van der Waals surface area contributed by atoms with Crippen LogP contribution in [0.5, 0.6) is 0 Å². The number of hydrogen-bond acceptors (Lipinski definition) is 3. The quantitative estimate of drug-likeness (QED) is 0.506. The number of Topliss-reactive ketones (excluding diaryl/α,β-unsaturated/α-hetero) is 1. The number of aryl methyl sites for hydroxylation is 1. The van der Waals surface area contributed by atoms with Crippen LogP contribution in [0.25, 0.3) is 0 Å². The molecule has 3 heteroatoms. The smallest absolute Gasteiger partial charge is 0.211 e. The van der Waals surface area contributed by atoms with E-state index < -0.39 is 0 Å². The van der Waals surface area contributed by atoms with E-state index in [9.17, 15) is 4.79 Å². The van der Waals surface area contributed by atoms with Gasteiger partial charge in [0.1, 0.15) is 5.70 Å². The van der Waals surface area contributed by atoms with E-state index in [-0.39, 0.29) is 5.78 Å². The van der Waals surface area contributed by atoms with Crippen molar-refractivity contribution >= 4 is 12.0 Å². The first kappa shape index (κ1) is 16.3. The van der Waals surface area contributed by atoms with Crippen molar-refractivity contribution in [3.63, 3.8) is 0 Å². The van der Waals surface area contributed by atoms with Crippen LogP contribution in [0, 0.1) is 13.8 Å². The summed E-state index contributed by atoms with van der Waals surface area (Å²) in [5, 5.41) is 0. The number of nitrogens with zero attached hydrogens (tertiary/aromatic N) is 1. The third kappa shape index (κ3) is 3.93. The Balaban J connectivity index is 0.00000137. The molecule has 0 aliphatic heterocycles. The van der Waals surface area contributed by atoms with Gasteiger partial charge in [0.2, 0.25) is 5.78 Å². The van der Waals surface area contributed by atoms with Gasteiger partial charge in [-0.3, -0.25) is 9.79 Å². The molecule has 1 rings (SSSR count). The number of nitrogens with two attached hydrogens (primary N) is 1. The van der Waals surface area contributed by atoms with Crippen LogP contribution < -0.4 is 5.73 Å². The molecule has 0 aromatic heterocycles. The lowest BCUT2D eigenvalue weighted by Crippen LogP contribution is -2.05. The zero-order chi connectivity index (χ0) is 14.1. The van der Waals surface area contributed by atoms with Crippen molar-refractivity contribution in [2.45, 2.75) is 27.7 Å². The Bertz CT molecular complexity index is 460. The number of aliphatic imine (C=N–C) groups is 1. The molecule has 0 radical (unpaired) electrons. The average Bonchev–Trinajstić information content (AvgIpc) is 2.40. The third-order valence-corrected chi connectivity index (χ3v) is 2.62. The summed E-state index contributed by atoms with van der Waals surface area (Å²) in [7, 11) is 1.50. The number of carbonyl (C=O) groups is 1. The van der Waals surface area contributed by atoms with Gasteiger partial charge in [0.25, 0.3) is 0 Å².